The second kappa shape index (κ2) is 3.94. The summed E-state index contributed by atoms with van der Waals surface area (Å²) in [7, 11) is 0. The number of rotatable bonds is 2. The minimum atomic E-state index is 0.321. The Morgan fingerprint density at radius 3 is 2.60 bits per heavy atom. The van der Waals surface area contributed by atoms with Gasteiger partial charge in [-0.2, -0.15) is 0 Å². The van der Waals surface area contributed by atoms with Crippen molar-refractivity contribution in [3.63, 3.8) is 0 Å². The second-order valence-corrected chi connectivity index (χ2v) is 5.48. The Kier molecular flexibility index (Phi) is 2.80. The number of imidazole rings is 1. The first-order valence-electron chi connectivity index (χ1n) is 4.92. The topological polar surface area (TPSA) is 20.7 Å². The largest absolute Gasteiger partial charge is 0.335 e. The molecule has 0 amide bonds. The van der Waals surface area contributed by atoms with Crippen LogP contribution < -0.4 is 0 Å². The lowest BCUT2D eigenvalue weighted by Gasteiger charge is -2.10. The maximum absolute atomic E-state index is 5.27. The van der Waals surface area contributed by atoms with Crippen LogP contribution >= 0.6 is 23.6 Å². The van der Waals surface area contributed by atoms with E-state index in [4.69, 9.17) is 12.2 Å². The maximum Gasteiger partial charge on any atom is 0.177 e. The van der Waals surface area contributed by atoms with Gasteiger partial charge in [0, 0.05) is 21.6 Å². The first-order chi connectivity index (χ1) is 7.08. The van der Waals surface area contributed by atoms with Crippen molar-refractivity contribution in [3.05, 3.63) is 38.5 Å². The average molecular weight is 238 g/mol. The molecule has 0 aromatic carbocycles. The third-order valence-corrected chi connectivity index (χ3v) is 3.95. The SMILES string of the molecule is Cc1cn(C(C)c2ccc(C)s2)c(=S)[nH]1. The average Bonchev–Trinajstić information content (AvgIpc) is 2.71. The molecule has 0 saturated carbocycles. The summed E-state index contributed by atoms with van der Waals surface area (Å²) in [6, 6.07) is 4.65. The van der Waals surface area contributed by atoms with Gasteiger partial charge in [0.15, 0.2) is 4.77 Å². The standard InChI is InChI=1S/C11H14N2S2/c1-7-6-13(11(14)12-7)9(3)10-5-4-8(2)15-10/h4-6,9H,1-3H3,(H,12,14). The summed E-state index contributed by atoms with van der Waals surface area (Å²) in [5.41, 5.74) is 1.11. The molecule has 0 saturated heterocycles. The molecular formula is C11H14N2S2. The Hall–Kier alpha value is -0.870. The number of nitrogens with zero attached hydrogens (tertiary/aromatic N) is 1. The number of aromatic nitrogens is 2. The molecule has 2 nitrogen and oxygen atoms in total. The monoisotopic (exact) mass is 238 g/mol. The fraction of sp³-hybridized carbons (Fsp3) is 0.364. The Labute approximate surface area is 98.6 Å². The van der Waals surface area contributed by atoms with Gasteiger partial charge in [-0.1, -0.05) is 0 Å². The molecule has 1 unspecified atom stereocenters. The molecule has 1 N–H and O–H groups in total. The summed E-state index contributed by atoms with van der Waals surface area (Å²) in [6.45, 7) is 6.33. The fourth-order valence-electron chi connectivity index (χ4n) is 1.64. The number of nitrogens with one attached hydrogen (secondary N) is 1. The molecule has 4 heteroatoms. The van der Waals surface area contributed by atoms with Crippen LogP contribution in [-0.2, 0) is 0 Å². The molecule has 0 radical (unpaired) electrons. The summed E-state index contributed by atoms with van der Waals surface area (Å²) >= 11 is 7.10. The number of hydrogen-bond donors (Lipinski definition) is 1. The van der Waals surface area contributed by atoms with E-state index in [0.717, 1.165) is 10.5 Å². The summed E-state index contributed by atoms with van der Waals surface area (Å²) in [4.78, 5) is 5.84. The minimum absolute atomic E-state index is 0.321. The third-order valence-electron chi connectivity index (χ3n) is 2.46. The first-order valence-corrected chi connectivity index (χ1v) is 6.14. The highest BCUT2D eigenvalue weighted by molar-refractivity contribution is 7.71. The van der Waals surface area contributed by atoms with E-state index in [1.54, 1.807) is 0 Å². The van der Waals surface area contributed by atoms with Crippen molar-refractivity contribution in [1.29, 1.82) is 0 Å². The summed E-state index contributed by atoms with van der Waals surface area (Å²) < 4.78 is 2.90. The lowest BCUT2D eigenvalue weighted by Crippen LogP contribution is -2.03. The molecule has 2 heterocycles. The summed E-state index contributed by atoms with van der Waals surface area (Å²) in [5.74, 6) is 0. The van der Waals surface area contributed by atoms with Gasteiger partial charge in [0.25, 0.3) is 0 Å². The van der Waals surface area contributed by atoms with Crippen LogP contribution in [0.3, 0.4) is 0 Å². The van der Waals surface area contributed by atoms with E-state index in [0.29, 0.717) is 6.04 Å². The number of hydrogen-bond acceptors (Lipinski definition) is 2. The minimum Gasteiger partial charge on any atom is -0.335 e. The Balaban J connectivity index is 2.40. The zero-order chi connectivity index (χ0) is 11.0. The second-order valence-electron chi connectivity index (χ2n) is 3.77. The predicted octanol–water partition coefficient (Wildman–Crippen LogP) is 3.83. The highest BCUT2D eigenvalue weighted by Gasteiger charge is 2.10. The zero-order valence-electron chi connectivity index (χ0n) is 9.07. The van der Waals surface area contributed by atoms with Gasteiger partial charge in [-0.25, -0.2) is 0 Å². The van der Waals surface area contributed by atoms with E-state index in [2.05, 4.69) is 41.7 Å². The molecule has 0 aliphatic carbocycles. The Morgan fingerprint density at radius 2 is 2.13 bits per heavy atom. The van der Waals surface area contributed by atoms with Crippen LogP contribution in [0, 0.1) is 18.6 Å². The summed E-state index contributed by atoms with van der Waals surface area (Å²) in [5, 5.41) is 0. The van der Waals surface area contributed by atoms with Crippen LogP contribution in [0.15, 0.2) is 18.3 Å². The molecule has 1 atom stereocenters. The van der Waals surface area contributed by atoms with Crippen LogP contribution in [-0.4, -0.2) is 9.55 Å². The molecule has 2 aromatic heterocycles. The van der Waals surface area contributed by atoms with Gasteiger partial charge in [-0.05, 0) is 45.1 Å². The van der Waals surface area contributed by atoms with Gasteiger partial charge in [-0.3, -0.25) is 0 Å². The highest BCUT2D eigenvalue weighted by Crippen LogP contribution is 2.25. The van der Waals surface area contributed by atoms with E-state index in [1.165, 1.54) is 9.75 Å². The van der Waals surface area contributed by atoms with Crippen LogP contribution in [0.2, 0.25) is 0 Å². The van der Waals surface area contributed by atoms with Gasteiger partial charge < -0.3 is 9.55 Å². The van der Waals surface area contributed by atoms with Gasteiger partial charge in [0.1, 0.15) is 0 Å². The maximum atomic E-state index is 5.27. The molecule has 80 valence electrons. The Bertz CT molecular complexity index is 519. The van der Waals surface area contributed by atoms with Crippen LogP contribution in [0.25, 0.3) is 0 Å². The van der Waals surface area contributed by atoms with Crippen molar-refractivity contribution in [2.45, 2.75) is 26.8 Å². The normalized spacial score (nSPS) is 13.0. The van der Waals surface area contributed by atoms with Crippen molar-refractivity contribution < 1.29 is 0 Å². The predicted molar refractivity (Wildman–Crippen MR) is 67.2 cm³/mol. The van der Waals surface area contributed by atoms with Crippen molar-refractivity contribution in [1.82, 2.24) is 9.55 Å². The number of thiophene rings is 1. The smallest absolute Gasteiger partial charge is 0.177 e. The fourth-order valence-corrected chi connectivity index (χ4v) is 2.94. The van der Waals surface area contributed by atoms with Crippen molar-refractivity contribution in [3.8, 4) is 0 Å². The van der Waals surface area contributed by atoms with E-state index >= 15 is 0 Å². The molecule has 15 heavy (non-hydrogen) atoms. The van der Waals surface area contributed by atoms with Gasteiger partial charge >= 0.3 is 0 Å². The van der Waals surface area contributed by atoms with Gasteiger partial charge in [0.2, 0.25) is 0 Å². The lowest BCUT2D eigenvalue weighted by molar-refractivity contribution is 0.640. The summed E-state index contributed by atoms with van der Waals surface area (Å²) in [6.07, 6.45) is 2.07. The van der Waals surface area contributed by atoms with E-state index in [9.17, 15) is 0 Å². The van der Waals surface area contributed by atoms with Crippen LogP contribution in [0.4, 0.5) is 0 Å². The van der Waals surface area contributed by atoms with Crippen LogP contribution in [0.5, 0.6) is 0 Å². The molecule has 0 bridgehead atoms. The number of H-pyrrole nitrogens is 1. The van der Waals surface area contributed by atoms with Crippen molar-refractivity contribution in [2.24, 2.45) is 0 Å². The van der Waals surface area contributed by atoms with Gasteiger partial charge in [-0.15, -0.1) is 11.3 Å². The molecule has 0 fully saturated rings. The molecule has 2 aromatic rings. The highest BCUT2D eigenvalue weighted by atomic mass is 32.1. The zero-order valence-corrected chi connectivity index (χ0v) is 10.7. The van der Waals surface area contributed by atoms with Gasteiger partial charge in [0.05, 0.1) is 6.04 Å². The van der Waals surface area contributed by atoms with E-state index in [-0.39, 0.29) is 0 Å². The molecule has 0 aliphatic rings. The van der Waals surface area contributed by atoms with Crippen molar-refractivity contribution >= 4 is 23.6 Å². The lowest BCUT2D eigenvalue weighted by atomic mass is 10.3. The number of aryl methyl sites for hydroxylation is 2. The number of aromatic amines is 1. The first kappa shape index (κ1) is 10.6. The molecule has 0 spiro atoms. The van der Waals surface area contributed by atoms with E-state index < -0.39 is 0 Å². The quantitative estimate of drug-likeness (QED) is 0.788. The van der Waals surface area contributed by atoms with E-state index in [1.807, 2.05) is 18.3 Å². The molecule has 0 aliphatic heterocycles. The Morgan fingerprint density at radius 1 is 1.40 bits per heavy atom. The third kappa shape index (κ3) is 2.06. The van der Waals surface area contributed by atoms with Crippen LogP contribution in [0.1, 0.15) is 28.4 Å². The molecule has 2 rings (SSSR count). The van der Waals surface area contributed by atoms with Crippen molar-refractivity contribution in [2.75, 3.05) is 0 Å². The molecular weight excluding hydrogens is 224 g/mol.